The van der Waals surface area contributed by atoms with Gasteiger partial charge in [-0.3, -0.25) is 14.4 Å². The number of rotatable bonds is 6. The molecule has 15 heteroatoms. The van der Waals surface area contributed by atoms with Gasteiger partial charge < -0.3 is 15.2 Å². The summed E-state index contributed by atoms with van der Waals surface area (Å²) >= 11 is 0. The molecule has 0 unspecified atom stereocenters. The third-order valence-electron chi connectivity index (χ3n) is 6.17. The summed E-state index contributed by atoms with van der Waals surface area (Å²) in [5.41, 5.74) is 2.18. The highest BCUT2D eigenvalue weighted by atomic mass is 19.4. The van der Waals surface area contributed by atoms with Gasteiger partial charge in [0.15, 0.2) is 0 Å². The third-order valence-corrected chi connectivity index (χ3v) is 6.17. The SMILES string of the molecule is O=C(C(=O)C(F)(F)F)C(F)(F)F.O=C(NCCc1c[nH]c2ccccc12)[C@H]1CCCN1c1ccc(C(F)(F)F)cc1. The molecule has 6 nitrogen and oxygen atoms in total. The van der Waals surface area contributed by atoms with E-state index >= 15 is 0 Å². The molecule has 1 aromatic heterocycles. The number of hydrogen-bond acceptors (Lipinski definition) is 4. The van der Waals surface area contributed by atoms with Crippen LogP contribution in [-0.4, -0.2) is 53.9 Å². The maximum atomic E-state index is 12.8. The Hall–Kier alpha value is -4.04. The van der Waals surface area contributed by atoms with E-state index in [1.54, 1.807) is 0 Å². The number of fused-ring (bicyclic) bond motifs is 1. The zero-order valence-electron chi connectivity index (χ0n) is 20.9. The second kappa shape index (κ2) is 12.2. The fourth-order valence-corrected chi connectivity index (χ4v) is 4.22. The Morgan fingerprint density at radius 3 is 2.00 bits per heavy atom. The Bertz CT molecular complexity index is 1350. The van der Waals surface area contributed by atoms with Gasteiger partial charge in [-0.05, 0) is 55.2 Å². The molecule has 1 atom stereocenters. The number of ketones is 2. The molecule has 41 heavy (non-hydrogen) atoms. The number of para-hydroxylation sites is 1. The molecule has 222 valence electrons. The van der Waals surface area contributed by atoms with E-state index < -0.39 is 35.7 Å². The van der Waals surface area contributed by atoms with E-state index in [0.29, 0.717) is 31.6 Å². The van der Waals surface area contributed by atoms with Crippen LogP contribution in [0.3, 0.4) is 0 Å². The summed E-state index contributed by atoms with van der Waals surface area (Å²) in [4.78, 5) is 37.1. The van der Waals surface area contributed by atoms with Gasteiger partial charge >= 0.3 is 30.1 Å². The number of hydrogen-bond donors (Lipinski definition) is 2. The van der Waals surface area contributed by atoms with Crippen LogP contribution in [0.25, 0.3) is 10.9 Å². The molecule has 0 radical (unpaired) electrons. The summed E-state index contributed by atoms with van der Waals surface area (Å²) in [6.07, 6.45) is -11.7. The summed E-state index contributed by atoms with van der Waals surface area (Å²) in [5.74, 6) is -6.90. The number of nitrogens with zero attached hydrogens (tertiary/aromatic N) is 1. The first-order chi connectivity index (χ1) is 19.0. The number of benzene rings is 2. The van der Waals surface area contributed by atoms with Gasteiger partial charge in [0, 0.05) is 35.9 Å². The minimum atomic E-state index is -5.77. The lowest BCUT2D eigenvalue weighted by molar-refractivity contribution is -0.193. The number of carbonyl (C=O) groups is 3. The number of Topliss-reactive ketones (excluding diaryl/α,β-unsaturated/α-hetero) is 2. The second-order valence-electron chi connectivity index (χ2n) is 8.95. The van der Waals surface area contributed by atoms with Crippen LogP contribution in [0.15, 0.2) is 54.7 Å². The molecule has 4 rings (SSSR count). The second-order valence-corrected chi connectivity index (χ2v) is 8.95. The summed E-state index contributed by atoms with van der Waals surface area (Å²) in [5, 5.41) is 4.14. The molecular formula is C26H22F9N3O3. The molecule has 0 aliphatic carbocycles. The van der Waals surface area contributed by atoms with E-state index in [9.17, 15) is 53.9 Å². The first kappa shape index (κ1) is 31.5. The molecular weight excluding hydrogens is 573 g/mol. The maximum absolute atomic E-state index is 12.8. The van der Waals surface area contributed by atoms with E-state index in [-0.39, 0.29) is 11.9 Å². The fourth-order valence-electron chi connectivity index (χ4n) is 4.22. The smallest absolute Gasteiger partial charge is 0.361 e. The van der Waals surface area contributed by atoms with Gasteiger partial charge in [0.2, 0.25) is 5.91 Å². The minimum Gasteiger partial charge on any atom is -0.361 e. The molecule has 2 N–H and O–H groups in total. The van der Waals surface area contributed by atoms with Crippen LogP contribution in [0.2, 0.25) is 0 Å². The van der Waals surface area contributed by atoms with Crippen LogP contribution >= 0.6 is 0 Å². The first-order valence-corrected chi connectivity index (χ1v) is 12.0. The van der Waals surface area contributed by atoms with Crippen LogP contribution in [0, 0.1) is 0 Å². The molecule has 0 spiro atoms. The average molecular weight is 595 g/mol. The van der Waals surface area contributed by atoms with Crippen LogP contribution in [-0.2, 0) is 27.0 Å². The lowest BCUT2D eigenvalue weighted by Gasteiger charge is -2.26. The van der Waals surface area contributed by atoms with Crippen molar-refractivity contribution in [2.24, 2.45) is 0 Å². The fraction of sp³-hybridized carbons (Fsp3) is 0.346. The van der Waals surface area contributed by atoms with Crippen molar-refractivity contribution in [2.45, 2.75) is 43.8 Å². The first-order valence-electron chi connectivity index (χ1n) is 12.0. The Balaban J connectivity index is 0.000000327. The van der Waals surface area contributed by atoms with Crippen molar-refractivity contribution in [3.05, 3.63) is 65.9 Å². The van der Waals surface area contributed by atoms with Gasteiger partial charge in [-0.25, -0.2) is 0 Å². The highest BCUT2D eigenvalue weighted by Gasteiger charge is 2.54. The normalized spacial score (nSPS) is 15.8. The number of aromatic nitrogens is 1. The molecule has 0 saturated carbocycles. The number of nitrogens with one attached hydrogen (secondary N) is 2. The summed E-state index contributed by atoms with van der Waals surface area (Å²) in [6.45, 7) is 1.17. The molecule has 2 aromatic carbocycles. The van der Waals surface area contributed by atoms with Crippen molar-refractivity contribution < 1.29 is 53.9 Å². The Kier molecular flexibility index (Phi) is 9.39. The number of H-pyrrole nitrogens is 1. The van der Waals surface area contributed by atoms with Crippen LogP contribution in [0.4, 0.5) is 45.2 Å². The van der Waals surface area contributed by atoms with E-state index in [1.807, 2.05) is 35.4 Å². The Morgan fingerprint density at radius 1 is 0.854 bits per heavy atom. The molecule has 3 aromatic rings. The van der Waals surface area contributed by atoms with Crippen LogP contribution < -0.4 is 10.2 Å². The monoisotopic (exact) mass is 595 g/mol. The highest BCUT2D eigenvalue weighted by Crippen LogP contribution is 2.32. The van der Waals surface area contributed by atoms with Crippen molar-refractivity contribution in [2.75, 3.05) is 18.0 Å². The molecule has 1 saturated heterocycles. The zero-order valence-corrected chi connectivity index (χ0v) is 20.9. The number of anilines is 1. The van der Waals surface area contributed by atoms with Crippen LogP contribution in [0.1, 0.15) is 24.0 Å². The summed E-state index contributed by atoms with van der Waals surface area (Å²) in [6, 6.07) is 12.7. The van der Waals surface area contributed by atoms with E-state index in [1.165, 1.54) is 12.1 Å². The predicted octanol–water partition coefficient (Wildman–Crippen LogP) is 5.76. The quantitative estimate of drug-likeness (QED) is 0.281. The molecule has 0 bridgehead atoms. The van der Waals surface area contributed by atoms with Gasteiger partial charge in [0.1, 0.15) is 6.04 Å². The standard InChI is InChI=1S/C22H22F3N3O.C4F6O2/c23-22(24,25)16-7-9-17(10-8-16)28-13-3-6-20(28)21(29)26-12-11-15-14-27-19-5-2-1-4-18(15)19;5-3(6,7)1(11)2(12)4(8,9)10/h1-2,4-5,7-10,14,20,27H,3,6,11-13H2,(H,26,29);/t20-;/m1./s1. The van der Waals surface area contributed by atoms with Gasteiger partial charge in [-0.2, -0.15) is 39.5 Å². The average Bonchev–Trinajstić information content (AvgIpc) is 3.54. The molecule has 1 aliphatic rings. The number of halogens is 9. The lowest BCUT2D eigenvalue weighted by atomic mass is 10.1. The molecule has 1 aliphatic heterocycles. The van der Waals surface area contributed by atoms with E-state index in [4.69, 9.17) is 0 Å². The van der Waals surface area contributed by atoms with E-state index in [0.717, 1.165) is 35.0 Å². The summed E-state index contributed by atoms with van der Waals surface area (Å²) in [7, 11) is 0. The number of alkyl halides is 9. The minimum absolute atomic E-state index is 0.0813. The van der Waals surface area contributed by atoms with Crippen molar-refractivity contribution >= 4 is 34.1 Å². The lowest BCUT2D eigenvalue weighted by Crippen LogP contribution is -2.44. The van der Waals surface area contributed by atoms with Crippen molar-refractivity contribution in [3.63, 3.8) is 0 Å². The predicted molar refractivity (Wildman–Crippen MR) is 129 cm³/mol. The molecule has 1 fully saturated rings. The topological polar surface area (TPSA) is 82.3 Å². The largest absolute Gasteiger partial charge is 0.458 e. The van der Waals surface area contributed by atoms with E-state index in [2.05, 4.69) is 10.3 Å². The number of aromatic amines is 1. The van der Waals surface area contributed by atoms with Crippen molar-refractivity contribution in [1.82, 2.24) is 10.3 Å². The molecule has 1 amide bonds. The molecule has 2 heterocycles. The number of carbonyl (C=O) groups excluding carboxylic acids is 3. The third kappa shape index (κ3) is 8.01. The zero-order chi connectivity index (χ0) is 30.6. The van der Waals surface area contributed by atoms with Crippen molar-refractivity contribution in [1.29, 1.82) is 0 Å². The van der Waals surface area contributed by atoms with Crippen LogP contribution in [0.5, 0.6) is 0 Å². The Morgan fingerprint density at radius 2 is 1.44 bits per heavy atom. The Labute approximate surface area is 226 Å². The number of amides is 1. The maximum Gasteiger partial charge on any atom is 0.458 e. The highest BCUT2D eigenvalue weighted by molar-refractivity contribution is 6.41. The van der Waals surface area contributed by atoms with Gasteiger partial charge in [-0.1, -0.05) is 18.2 Å². The van der Waals surface area contributed by atoms with Gasteiger partial charge in [-0.15, -0.1) is 0 Å². The van der Waals surface area contributed by atoms with Gasteiger partial charge in [0.25, 0.3) is 0 Å². The van der Waals surface area contributed by atoms with Gasteiger partial charge in [0.05, 0.1) is 5.56 Å². The summed E-state index contributed by atoms with van der Waals surface area (Å²) < 4.78 is 105. The van der Waals surface area contributed by atoms with Crippen molar-refractivity contribution in [3.8, 4) is 0 Å².